The first-order chi connectivity index (χ1) is 5.25. The van der Waals surface area contributed by atoms with Crippen molar-refractivity contribution in [3.05, 3.63) is 0 Å². The Bertz CT molecular complexity index is 147. The number of hydrogen-bond donors (Lipinski definition) is 0. The zero-order valence-electron chi connectivity index (χ0n) is 7.51. The average Bonchev–Trinajstić information content (AvgIpc) is 1.97. The minimum Gasteiger partial charge on any atom is -0.287 e. The van der Waals surface area contributed by atoms with Gasteiger partial charge in [0.15, 0.2) is 0 Å². The first-order valence-corrected chi connectivity index (χ1v) is 4.45. The van der Waals surface area contributed by atoms with Gasteiger partial charge in [-0.25, -0.2) is 0 Å². The van der Waals surface area contributed by atoms with Gasteiger partial charge in [-0.05, 0) is 26.7 Å². The fourth-order valence-corrected chi connectivity index (χ4v) is 1.89. The van der Waals surface area contributed by atoms with E-state index in [0.29, 0.717) is 12.1 Å². The molecule has 1 heteroatoms. The number of rotatable bonds is 1. The van der Waals surface area contributed by atoms with Gasteiger partial charge in [0.25, 0.3) is 0 Å². The predicted molar refractivity (Wildman–Crippen MR) is 48.3 cm³/mol. The molecule has 0 saturated carbocycles. The number of nitrogens with zero attached hydrogens (tertiary/aromatic N) is 1. The second kappa shape index (κ2) is 3.78. The van der Waals surface area contributed by atoms with Crippen LogP contribution in [0.5, 0.6) is 0 Å². The summed E-state index contributed by atoms with van der Waals surface area (Å²) in [6, 6.07) is 1.38. The molecule has 0 aliphatic carbocycles. The lowest BCUT2D eigenvalue weighted by Crippen LogP contribution is -2.43. The van der Waals surface area contributed by atoms with Crippen LogP contribution in [0.15, 0.2) is 0 Å². The minimum absolute atomic E-state index is 0.690. The standard InChI is InChI=1S/C10H17N/c1-4-8-11-9(2)6-5-7-10(11)3/h1,9-10H,5-8H2,2-3H3/t9-,10-/m0/s1. The van der Waals surface area contributed by atoms with E-state index in [9.17, 15) is 0 Å². The van der Waals surface area contributed by atoms with Crippen molar-refractivity contribution in [1.82, 2.24) is 4.90 Å². The smallest absolute Gasteiger partial charge is 0.0603 e. The summed E-state index contributed by atoms with van der Waals surface area (Å²) in [5, 5.41) is 0. The molecule has 1 aliphatic rings. The van der Waals surface area contributed by atoms with Crippen LogP contribution >= 0.6 is 0 Å². The molecule has 1 heterocycles. The van der Waals surface area contributed by atoms with Crippen LogP contribution in [0.1, 0.15) is 33.1 Å². The summed E-state index contributed by atoms with van der Waals surface area (Å²) in [7, 11) is 0. The second-order valence-electron chi connectivity index (χ2n) is 3.51. The van der Waals surface area contributed by atoms with Gasteiger partial charge in [-0.1, -0.05) is 12.3 Å². The number of hydrogen-bond acceptors (Lipinski definition) is 1. The Kier molecular flexibility index (Phi) is 2.96. The molecule has 2 atom stereocenters. The fraction of sp³-hybridized carbons (Fsp3) is 0.800. The van der Waals surface area contributed by atoms with Crippen molar-refractivity contribution in [3.63, 3.8) is 0 Å². The van der Waals surface area contributed by atoms with Gasteiger partial charge in [0.1, 0.15) is 0 Å². The second-order valence-corrected chi connectivity index (χ2v) is 3.51. The fourth-order valence-electron chi connectivity index (χ4n) is 1.89. The highest BCUT2D eigenvalue weighted by atomic mass is 15.2. The molecule has 0 spiro atoms. The molecule has 0 aromatic heterocycles. The molecule has 0 N–H and O–H groups in total. The molecule has 0 aromatic rings. The summed E-state index contributed by atoms with van der Waals surface area (Å²) in [6.07, 6.45) is 9.28. The van der Waals surface area contributed by atoms with E-state index in [1.165, 1.54) is 19.3 Å². The summed E-state index contributed by atoms with van der Waals surface area (Å²) in [5.74, 6) is 2.72. The van der Waals surface area contributed by atoms with E-state index in [1.807, 2.05) is 0 Å². The lowest BCUT2D eigenvalue weighted by atomic mass is 9.98. The van der Waals surface area contributed by atoms with Gasteiger partial charge in [-0.2, -0.15) is 0 Å². The average molecular weight is 151 g/mol. The van der Waals surface area contributed by atoms with Gasteiger partial charge in [0.2, 0.25) is 0 Å². The van der Waals surface area contributed by atoms with Gasteiger partial charge in [-0.15, -0.1) is 6.42 Å². The van der Waals surface area contributed by atoms with E-state index in [0.717, 1.165) is 6.54 Å². The SMILES string of the molecule is C#CCN1[C@@H](C)CCC[C@@H]1C. The molecule has 1 saturated heterocycles. The highest BCUT2D eigenvalue weighted by Crippen LogP contribution is 2.21. The summed E-state index contributed by atoms with van der Waals surface area (Å²) < 4.78 is 0. The Morgan fingerprint density at radius 1 is 1.36 bits per heavy atom. The Morgan fingerprint density at radius 3 is 2.36 bits per heavy atom. The van der Waals surface area contributed by atoms with Crippen molar-refractivity contribution >= 4 is 0 Å². The van der Waals surface area contributed by atoms with Crippen molar-refractivity contribution in [2.24, 2.45) is 0 Å². The highest BCUT2D eigenvalue weighted by molar-refractivity contribution is 4.92. The van der Waals surface area contributed by atoms with Gasteiger partial charge < -0.3 is 0 Å². The Hall–Kier alpha value is -0.480. The maximum absolute atomic E-state index is 5.29. The lowest BCUT2D eigenvalue weighted by Gasteiger charge is -2.37. The topological polar surface area (TPSA) is 3.24 Å². The first kappa shape index (κ1) is 8.62. The molecule has 1 aliphatic heterocycles. The molecule has 11 heavy (non-hydrogen) atoms. The van der Waals surface area contributed by atoms with Crippen LogP contribution in [0, 0.1) is 12.3 Å². The highest BCUT2D eigenvalue weighted by Gasteiger charge is 2.22. The van der Waals surface area contributed by atoms with Crippen molar-refractivity contribution in [2.45, 2.75) is 45.2 Å². The zero-order chi connectivity index (χ0) is 8.27. The molecule has 1 rings (SSSR count). The van der Waals surface area contributed by atoms with Crippen molar-refractivity contribution < 1.29 is 0 Å². The summed E-state index contributed by atoms with van der Waals surface area (Å²) >= 11 is 0. The van der Waals surface area contributed by atoms with Crippen LogP contribution in [-0.2, 0) is 0 Å². The maximum atomic E-state index is 5.29. The zero-order valence-corrected chi connectivity index (χ0v) is 7.51. The van der Waals surface area contributed by atoms with E-state index >= 15 is 0 Å². The third-order valence-electron chi connectivity index (χ3n) is 2.65. The minimum atomic E-state index is 0.690. The third-order valence-corrected chi connectivity index (χ3v) is 2.65. The molecular formula is C10H17N. The van der Waals surface area contributed by atoms with Gasteiger partial charge in [0.05, 0.1) is 6.54 Å². The largest absolute Gasteiger partial charge is 0.287 e. The molecular weight excluding hydrogens is 134 g/mol. The molecule has 1 nitrogen and oxygen atoms in total. The first-order valence-electron chi connectivity index (χ1n) is 4.45. The molecule has 0 amide bonds. The van der Waals surface area contributed by atoms with Gasteiger partial charge in [-0.3, -0.25) is 4.90 Å². The Morgan fingerprint density at radius 2 is 1.91 bits per heavy atom. The molecule has 0 unspecified atom stereocenters. The van der Waals surface area contributed by atoms with Crippen LogP contribution in [0.3, 0.4) is 0 Å². The Labute approximate surface area is 69.8 Å². The summed E-state index contributed by atoms with van der Waals surface area (Å²) in [4.78, 5) is 2.42. The normalized spacial score (nSPS) is 33.2. The molecule has 0 bridgehead atoms. The molecule has 62 valence electrons. The van der Waals surface area contributed by atoms with Crippen LogP contribution in [0.2, 0.25) is 0 Å². The van der Waals surface area contributed by atoms with Crippen molar-refractivity contribution in [2.75, 3.05) is 6.54 Å². The van der Waals surface area contributed by atoms with Crippen molar-refractivity contribution in [1.29, 1.82) is 0 Å². The lowest BCUT2D eigenvalue weighted by molar-refractivity contribution is 0.121. The van der Waals surface area contributed by atoms with E-state index < -0.39 is 0 Å². The van der Waals surface area contributed by atoms with E-state index in [2.05, 4.69) is 24.7 Å². The summed E-state index contributed by atoms with van der Waals surface area (Å²) in [5.41, 5.74) is 0. The van der Waals surface area contributed by atoms with E-state index in [1.54, 1.807) is 0 Å². The van der Waals surface area contributed by atoms with E-state index in [-0.39, 0.29) is 0 Å². The Balaban J connectivity index is 2.49. The monoisotopic (exact) mass is 151 g/mol. The number of likely N-dealkylation sites (tertiary alicyclic amines) is 1. The van der Waals surface area contributed by atoms with Crippen LogP contribution < -0.4 is 0 Å². The molecule has 1 fully saturated rings. The quantitative estimate of drug-likeness (QED) is 0.517. The van der Waals surface area contributed by atoms with Crippen molar-refractivity contribution in [3.8, 4) is 12.3 Å². The third kappa shape index (κ3) is 1.97. The van der Waals surface area contributed by atoms with Crippen LogP contribution in [0.4, 0.5) is 0 Å². The predicted octanol–water partition coefficient (Wildman–Crippen LogP) is 1.88. The van der Waals surface area contributed by atoms with E-state index in [4.69, 9.17) is 6.42 Å². The molecule has 0 aromatic carbocycles. The molecule has 0 radical (unpaired) electrons. The van der Waals surface area contributed by atoms with Crippen LogP contribution in [-0.4, -0.2) is 23.5 Å². The summed E-state index contributed by atoms with van der Waals surface area (Å²) in [6.45, 7) is 5.36. The maximum Gasteiger partial charge on any atom is 0.0603 e. The number of piperidine rings is 1. The van der Waals surface area contributed by atoms with Gasteiger partial charge >= 0.3 is 0 Å². The van der Waals surface area contributed by atoms with Gasteiger partial charge in [0, 0.05) is 12.1 Å². The number of terminal acetylenes is 1. The van der Waals surface area contributed by atoms with Crippen LogP contribution in [0.25, 0.3) is 0 Å².